The molecule has 2 heterocycles. The second-order valence-electron chi connectivity index (χ2n) is 7.24. The van der Waals surface area contributed by atoms with Crippen LogP contribution in [0.4, 0.5) is 0 Å². The highest BCUT2D eigenvalue weighted by Crippen LogP contribution is 2.24. The molecule has 1 aromatic heterocycles. The SMILES string of the molecule is COc1ccc2c(C)c(CCC(=O)NC(C)CN3CCOCC3)c(=O)oc2c1. The fraction of sp³-hybridized carbons (Fsp3) is 0.524. The summed E-state index contributed by atoms with van der Waals surface area (Å²) in [6.45, 7) is 7.95. The molecule has 1 saturated heterocycles. The normalized spacial score (nSPS) is 16.1. The smallest absolute Gasteiger partial charge is 0.339 e. The molecule has 28 heavy (non-hydrogen) atoms. The summed E-state index contributed by atoms with van der Waals surface area (Å²) in [5, 5.41) is 3.88. The molecule has 7 heteroatoms. The van der Waals surface area contributed by atoms with E-state index in [-0.39, 0.29) is 18.4 Å². The zero-order valence-corrected chi connectivity index (χ0v) is 16.7. The molecular formula is C21H28N2O5. The van der Waals surface area contributed by atoms with Gasteiger partial charge in [0.05, 0.1) is 20.3 Å². The molecule has 1 N–H and O–H groups in total. The maximum atomic E-state index is 12.4. The van der Waals surface area contributed by atoms with Gasteiger partial charge in [0.2, 0.25) is 5.91 Å². The van der Waals surface area contributed by atoms with E-state index in [1.54, 1.807) is 13.2 Å². The molecule has 0 spiro atoms. The monoisotopic (exact) mass is 388 g/mol. The minimum Gasteiger partial charge on any atom is -0.497 e. The number of hydrogen-bond donors (Lipinski definition) is 1. The van der Waals surface area contributed by atoms with Crippen molar-refractivity contribution in [3.63, 3.8) is 0 Å². The van der Waals surface area contributed by atoms with Crippen LogP contribution >= 0.6 is 0 Å². The number of nitrogens with zero attached hydrogens (tertiary/aromatic N) is 1. The van der Waals surface area contributed by atoms with E-state index in [0.717, 1.165) is 43.8 Å². The molecule has 1 atom stereocenters. The van der Waals surface area contributed by atoms with Gasteiger partial charge in [-0.05, 0) is 38.0 Å². The molecule has 2 aromatic rings. The highest BCUT2D eigenvalue weighted by atomic mass is 16.5. The van der Waals surface area contributed by atoms with E-state index in [1.165, 1.54) is 0 Å². The van der Waals surface area contributed by atoms with Crippen LogP contribution in [0.15, 0.2) is 27.4 Å². The van der Waals surface area contributed by atoms with Crippen LogP contribution < -0.4 is 15.7 Å². The summed E-state index contributed by atoms with van der Waals surface area (Å²) in [5.41, 5.74) is 1.50. The van der Waals surface area contributed by atoms with Crippen molar-refractivity contribution < 1.29 is 18.7 Å². The lowest BCUT2D eigenvalue weighted by molar-refractivity contribution is -0.121. The number of carbonyl (C=O) groups is 1. The van der Waals surface area contributed by atoms with Crippen LogP contribution in [-0.4, -0.2) is 56.8 Å². The summed E-state index contributed by atoms with van der Waals surface area (Å²) in [7, 11) is 1.57. The molecule has 3 rings (SSSR count). The van der Waals surface area contributed by atoms with Gasteiger partial charge < -0.3 is 19.2 Å². The standard InChI is InChI=1S/C21H28N2O5/c1-14(13-23-8-10-27-11-9-23)22-20(24)7-6-18-15(2)17-5-4-16(26-3)12-19(17)28-21(18)25/h4-5,12,14H,6-11,13H2,1-3H3,(H,22,24). The van der Waals surface area contributed by atoms with Crippen LogP contribution in [0.3, 0.4) is 0 Å². The van der Waals surface area contributed by atoms with E-state index < -0.39 is 5.63 Å². The van der Waals surface area contributed by atoms with Gasteiger partial charge in [0, 0.05) is 49.1 Å². The lowest BCUT2D eigenvalue weighted by atomic mass is 10.0. The van der Waals surface area contributed by atoms with Crippen molar-refractivity contribution in [2.45, 2.75) is 32.7 Å². The maximum absolute atomic E-state index is 12.4. The highest BCUT2D eigenvalue weighted by molar-refractivity contribution is 5.82. The number of benzene rings is 1. The molecule has 152 valence electrons. The predicted octanol–water partition coefficient (Wildman–Crippen LogP) is 1.88. The van der Waals surface area contributed by atoms with E-state index >= 15 is 0 Å². The van der Waals surface area contributed by atoms with Crippen LogP contribution in [-0.2, 0) is 16.0 Å². The van der Waals surface area contributed by atoms with Gasteiger partial charge in [0.15, 0.2) is 0 Å². The Balaban J connectivity index is 1.61. The number of nitrogens with one attached hydrogen (secondary N) is 1. The van der Waals surface area contributed by atoms with Gasteiger partial charge in [-0.15, -0.1) is 0 Å². The fourth-order valence-corrected chi connectivity index (χ4v) is 3.59. The van der Waals surface area contributed by atoms with E-state index in [0.29, 0.717) is 23.3 Å². The minimum absolute atomic E-state index is 0.0483. The summed E-state index contributed by atoms with van der Waals surface area (Å²) in [6.07, 6.45) is 0.604. The Morgan fingerprint density at radius 3 is 2.79 bits per heavy atom. The number of morpholine rings is 1. The molecule has 0 aliphatic carbocycles. The largest absolute Gasteiger partial charge is 0.497 e. The van der Waals surface area contributed by atoms with E-state index in [9.17, 15) is 9.59 Å². The lowest BCUT2D eigenvalue weighted by Crippen LogP contribution is -2.46. The van der Waals surface area contributed by atoms with Gasteiger partial charge in [-0.1, -0.05) is 0 Å². The first-order chi connectivity index (χ1) is 13.5. The van der Waals surface area contributed by atoms with Gasteiger partial charge in [-0.3, -0.25) is 9.69 Å². The Morgan fingerprint density at radius 1 is 1.32 bits per heavy atom. The lowest BCUT2D eigenvalue weighted by Gasteiger charge is -2.29. The Kier molecular flexibility index (Phi) is 6.70. The molecule has 1 fully saturated rings. The molecular weight excluding hydrogens is 360 g/mol. The van der Waals surface area contributed by atoms with Crippen molar-refractivity contribution >= 4 is 16.9 Å². The van der Waals surface area contributed by atoms with Gasteiger partial charge in [-0.2, -0.15) is 0 Å². The summed E-state index contributed by atoms with van der Waals surface area (Å²) < 4.78 is 16.0. The molecule has 0 saturated carbocycles. The molecule has 1 aliphatic heterocycles. The number of ether oxygens (including phenoxy) is 2. The van der Waals surface area contributed by atoms with Crippen LogP contribution in [0.25, 0.3) is 11.0 Å². The minimum atomic E-state index is -0.396. The Morgan fingerprint density at radius 2 is 2.07 bits per heavy atom. The van der Waals surface area contributed by atoms with Crippen molar-refractivity contribution in [2.24, 2.45) is 0 Å². The first kappa shape index (κ1) is 20.4. The van der Waals surface area contributed by atoms with Crippen molar-refractivity contribution in [3.8, 4) is 5.75 Å². The van der Waals surface area contributed by atoms with Crippen molar-refractivity contribution in [2.75, 3.05) is 40.0 Å². The number of fused-ring (bicyclic) bond motifs is 1. The van der Waals surface area contributed by atoms with Crippen LogP contribution in [0.2, 0.25) is 0 Å². The molecule has 7 nitrogen and oxygen atoms in total. The zero-order valence-electron chi connectivity index (χ0n) is 16.7. The summed E-state index contributed by atoms with van der Waals surface area (Å²) in [5.74, 6) is 0.575. The second-order valence-corrected chi connectivity index (χ2v) is 7.24. The summed E-state index contributed by atoms with van der Waals surface area (Å²) in [6, 6.07) is 5.46. The third-order valence-corrected chi connectivity index (χ3v) is 5.14. The Bertz CT molecular complexity index is 886. The third-order valence-electron chi connectivity index (χ3n) is 5.14. The van der Waals surface area contributed by atoms with Crippen LogP contribution in [0.5, 0.6) is 5.75 Å². The fourth-order valence-electron chi connectivity index (χ4n) is 3.59. The first-order valence-corrected chi connectivity index (χ1v) is 9.67. The molecule has 1 aliphatic rings. The summed E-state index contributed by atoms with van der Waals surface area (Å²) in [4.78, 5) is 27.0. The van der Waals surface area contributed by atoms with E-state index in [4.69, 9.17) is 13.9 Å². The number of aryl methyl sites for hydroxylation is 1. The summed E-state index contributed by atoms with van der Waals surface area (Å²) >= 11 is 0. The number of methoxy groups -OCH3 is 1. The van der Waals surface area contributed by atoms with Crippen LogP contribution in [0.1, 0.15) is 24.5 Å². The van der Waals surface area contributed by atoms with Crippen molar-refractivity contribution in [3.05, 3.63) is 39.7 Å². The Labute approximate surface area is 164 Å². The third kappa shape index (κ3) is 4.91. The van der Waals surface area contributed by atoms with Gasteiger partial charge in [-0.25, -0.2) is 4.79 Å². The molecule has 0 bridgehead atoms. The predicted molar refractivity (Wildman–Crippen MR) is 107 cm³/mol. The quantitative estimate of drug-likeness (QED) is 0.730. The number of rotatable bonds is 7. The highest BCUT2D eigenvalue weighted by Gasteiger charge is 2.17. The topological polar surface area (TPSA) is 81.0 Å². The first-order valence-electron chi connectivity index (χ1n) is 9.67. The van der Waals surface area contributed by atoms with Crippen molar-refractivity contribution in [1.29, 1.82) is 0 Å². The number of hydrogen-bond acceptors (Lipinski definition) is 6. The van der Waals surface area contributed by atoms with Gasteiger partial charge >= 0.3 is 5.63 Å². The van der Waals surface area contributed by atoms with Gasteiger partial charge in [0.1, 0.15) is 11.3 Å². The average molecular weight is 388 g/mol. The molecule has 1 aromatic carbocycles. The van der Waals surface area contributed by atoms with E-state index in [1.807, 2.05) is 26.0 Å². The maximum Gasteiger partial charge on any atom is 0.339 e. The van der Waals surface area contributed by atoms with Gasteiger partial charge in [0.25, 0.3) is 0 Å². The van der Waals surface area contributed by atoms with Crippen LogP contribution in [0, 0.1) is 6.92 Å². The zero-order chi connectivity index (χ0) is 20.1. The Hall–Kier alpha value is -2.38. The second kappa shape index (κ2) is 9.21. The number of amides is 1. The van der Waals surface area contributed by atoms with Crippen molar-refractivity contribution in [1.82, 2.24) is 10.2 Å². The molecule has 1 unspecified atom stereocenters. The molecule has 0 radical (unpaired) electrons. The van der Waals surface area contributed by atoms with E-state index in [2.05, 4.69) is 10.2 Å². The molecule has 1 amide bonds. The average Bonchev–Trinajstić information content (AvgIpc) is 2.67. The number of carbonyl (C=O) groups excluding carboxylic acids is 1.